The van der Waals surface area contributed by atoms with Crippen LogP contribution in [0.2, 0.25) is 0 Å². The zero-order chi connectivity index (χ0) is 16.5. The predicted octanol–water partition coefficient (Wildman–Crippen LogP) is 2.53. The van der Waals surface area contributed by atoms with Gasteiger partial charge in [0.15, 0.2) is 0 Å². The Kier molecular flexibility index (Phi) is 3.31. The van der Waals surface area contributed by atoms with Crippen molar-refractivity contribution >= 4 is 11.8 Å². The van der Waals surface area contributed by atoms with Crippen molar-refractivity contribution in [1.82, 2.24) is 9.80 Å². The lowest BCUT2D eigenvalue weighted by atomic mass is 9.49. The third-order valence-corrected chi connectivity index (χ3v) is 7.80. The van der Waals surface area contributed by atoms with Gasteiger partial charge in [-0.1, -0.05) is 6.92 Å². The summed E-state index contributed by atoms with van der Waals surface area (Å²) in [5.41, 5.74) is -0.0219. The summed E-state index contributed by atoms with van der Waals surface area (Å²) >= 11 is 0. The van der Waals surface area contributed by atoms with Crippen LogP contribution in [0.15, 0.2) is 0 Å². The number of amides is 2. The van der Waals surface area contributed by atoms with Crippen LogP contribution in [0.1, 0.15) is 51.9 Å². The Morgan fingerprint density at radius 1 is 0.792 bits per heavy atom. The Labute approximate surface area is 144 Å². The van der Waals surface area contributed by atoms with Gasteiger partial charge >= 0.3 is 0 Å². The van der Waals surface area contributed by atoms with E-state index in [1.165, 1.54) is 19.3 Å². The number of carbonyl (C=O) groups is 2. The fourth-order valence-corrected chi connectivity index (χ4v) is 6.74. The van der Waals surface area contributed by atoms with Gasteiger partial charge in [-0.05, 0) is 68.6 Å². The molecule has 4 bridgehead atoms. The molecule has 1 heterocycles. The number of hydrogen-bond acceptors (Lipinski definition) is 2. The van der Waals surface area contributed by atoms with E-state index in [-0.39, 0.29) is 11.3 Å². The van der Waals surface area contributed by atoms with Crippen molar-refractivity contribution in [1.29, 1.82) is 0 Å². The summed E-state index contributed by atoms with van der Waals surface area (Å²) in [5.74, 6) is 4.08. The molecule has 4 nitrogen and oxygen atoms in total. The van der Waals surface area contributed by atoms with Crippen LogP contribution in [0, 0.1) is 35.0 Å². The third kappa shape index (κ3) is 2.32. The van der Waals surface area contributed by atoms with E-state index in [9.17, 15) is 9.59 Å². The molecule has 0 N–H and O–H groups in total. The molecule has 132 valence electrons. The van der Waals surface area contributed by atoms with Crippen LogP contribution in [0.3, 0.4) is 0 Å². The molecule has 2 atom stereocenters. The molecule has 6 rings (SSSR count). The number of piperazine rings is 1. The second-order valence-corrected chi connectivity index (χ2v) is 9.63. The fourth-order valence-electron chi connectivity index (χ4n) is 6.74. The van der Waals surface area contributed by atoms with Gasteiger partial charge < -0.3 is 9.80 Å². The molecule has 0 aromatic rings. The standard InChI is InChI=1S/C20H30N2O2/c1-13-6-17(13)18(23)21-2-4-22(5-3-21)19(24)20-10-14-7-15(11-20)9-16(8-14)12-20/h13-17H,2-12H2,1H3. The van der Waals surface area contributed by atoms with Crippen LogP contribution in [0.4, 0.5) is 0 Å². The van der Waals surface area contributed by atoms with Gasteiger partial charge in [0.05, 0.1) is 5.41 Å². The Morgan fingerprint density at radius 3 is 1.71 bits per heavy atom. The fraction of sp³-hybridized carbons (Fsp3) is 0.900. The molecule has 1 aliphatic heterocycles. The lowest BCUT2D eigenvalue weighted by Crippen LogP contribution is -2.58. The molecule has 1 saturated heterocycles. The van der Waals surface area contributed by atoms with Crippen molar-refractivity contribution in [3.05, 3.63) is 0 Å². The van der Waals surface area contributed by atoms with E-state index in [1.54, 1.807) is 0 Å². The van der Waals surface area contributed by atoms with Crippen molar-refractivity contribution < 1.29 is 9.59 Å². The maximum Gasteiger partial charge on any atom is 0.228 e. The minimum atomic E-state index is -0.0219. The molecule has 0 aromatic carbocycles. The molecule has 6 fully saturated rings. The molecular weight excluding hydrogens is 300 g/mol. The zero-order valence-corrected chi connectivity index (χ0v) is 14.9. The first-order chi connectivity index (χ1) is 11.5. The zero-order valence-electron chi connectivity index (χ0n) is 14.9. The minimum absolute atomic E-state index is 0.0219. The number of hydrogen-bond donors (Lipinski definition) is 0. The van der Waals surface area contributed by atoms with E-state index >= 15 is 0 Å². The third-order valence-electron chi connectivity index (χ3n) is 7.80. The molecule has 0 radical (unpaired) electrons. The van der Waals surface area contributed by atoms with E-state index in [1.807, 2.05) is 4.90 Å². The van der Waals surface area contributed by atoms with E-state index in [0.717, 1.165) is 69.6 Å². The first-order valence-corrected chi connectivity index (χ1v) is 10.1. The minimum Gasteiger partial charge on any atom is -0.339 e. The van der Waals surface area contributed by atoms with Crippen LogP contribution in [-0.4, -0.2) is 47.8 Å². The Balaban J connectivity index is 1.24. The molecule has 24 heavy (non-hydrogen) atoms. The van der Waals surface area contributed by atoms with Crippen LogP contribution in [0.25, 0.3) is 0 Å². The Hall–Kier alpha value is -1.06. The summed E-state index contributed by atoms with van der Waals surface area (Å²) in [6.07, 6.45) is 8.66. The molecule has 2 amide bonds. The van der Waals surface area contributed by atoms with Crippen molar-refractivity contribution in [2.75, 3.05) is 26.2 Å². The Morgan fingerprint density at radius 2 is 1.25 bits per heavy atom. The predicted molar refractivity (Wildman–Crippen MR) is 91.0 cm³/mol. The van der Waals surface area contributed by atoms with Gasteiger partial charge in [0.2, 0.25) is 11.8 Å². The van der Waals surface area contributed by atoms with Gasteiger partial charge in [-0.25, -0.2) is 0 Å². The molecule has 5 aliphatic carbocycles. The average Bonchev–Trinajstić information content (AvgIpc) is 3.29. The van der Waals surface area contributed by atoms with Crippen molar-refractivity contribution in [3.8, 4) is 0 Å². The van der Waals surface area contributed by atoms with E-state index in [4.69, 9.17) is 0 Å². The molecular formula is C20H30N2O2. The van der Waals surface area contributed by atoms with Crippen LogP contribution < -0.4 is 0 Å². The highest BCUT2D eigenvalue weighted by molar-refractivity contribution is 5.84. The molecule has 0 spiro atoms. The quantitative estimate of drug-likeness (QED) is 0.781. The second kappa shape index (κ2) is 5.22. The van der Waals surface area contributed by atoms with Gasteiger partial charge in [0, 0.05) is 32.1 Å². The highest BCUT2D eigenvalue weighted by Crippen LogP contribution is 2.60. The van der Waals surface area contributed by atoms with Crippen LogP contribution in [0.5, 0.6) is 0 Å². The van der Waals surface area contributed by atoms with Crippen molar-refractivity contribution in [3.63, 3.8) is 0 Å². The van der Waals surface area contributed by atoms with Gasteiger partial charge in [-0.2, -0.15) is 0 Å². The van der Waals surface area contributed by atoms with Crippen LogP contribution in [-0.2, 0) is 9.59 Å². The summed E-state index contributed by atoms with van der Waals surface area (Å²) in [7, 11) is 0. The van der Waals surface area contributed by atoms with Crippen molar-refractivity contribution in [2.24, 2.45) is 35.0 Å². The van der Waals surface area contributed by atoms with Crippen molar-refractivity contribution in [2.45, 2.75) is 51.9 Å². The lowest BCUT2D eigenvalue weighted by molar-refractivity contribution is -0.160. The summed E-state index contributed by atoms with van der Waals surface area (Å²) in [4.78, 5) is 29.9. The average molecular weight is 330 g/mol. The highest BCUT2D eigenvalue weighted by atomic mass is 16.2. The lowest BCUT2D eigenvalue weighted by Gasteiger charge is -2.57. The molecule has 5 saturated carbocycles. The van der Waals surface area contributed by atoms with E-state index in [0.29, 0.717) is 17.7 Å². The first-order valence-electron chi connectivity index (χ1n) is 10.1. The normalized spacial score (nSPS) is 46.3. The molecule has 4 heteroatoms. The van der Waals surface area contributed by atoms with Gasteiger partial charge in [0.1, 0.15) is 0 Å². The van der Waals surface area contributed by atoms with E-state index < -0.39 is 0 Å². The maximum absolute atomic E-state index is 13.3. The van der Waals surface area contributed by atoms with E-state index in [2.05, 4.69) is 11.8 Å². The summed E-state index contributed by atoms with van der Waals surface area (Å²) in [6, 6.07) is 0. The van der Waals surface area contributed by atoms with Gasteiger partial charge in [-0.15, -0.1) is 0 Å². The summed E-state index contributed by atoms with van der Waals surface area (Å²) in [6.45, 7) is 5.18. The SMILES string of the molecule is CC1CC1C(=O)N1CCN(C(=O)C23CC4CC(CC(C4)C2)C3)CC1. The molecule has 6 aliphatic rings. The maximum atomic E-state index is 13.3. The number of rotatable bonds is 2. The molecule has 2 unspecified atom stereocenters. The number of carbonyl (C=O) groups excluding carboxylic acids is 2. The highest BCUT2D eigenvalue weighted by Gasteiger charge is 2.55. The second-order valence-electron chi connectivity index (χ2n) is 9.63. The first kappa shape index (κ1) is 15.2. The monoisotopic (exact) mass is 330 g/mol. The van der Waals surface area contributed by atoms with Gasteiger partial charge in [0.25, 0.3) is 0 Å². The topological polar surface area (TPSA) is 40.6 Å². The Bertz CT molecular complexity index is 529. The summed E-state index contributed by atoms with van der Waals surface area (Å²) in [5, 5.41) is 0. The number of nitrogens with zero attached hydrogens (tertiary/aromatic N) is 2. The smallest absolute Gasteiger partial charge is 0.228 e. The van der Waals surface area contributed by atoms with Crippen LogP contribution >= 0.6 is 0 Å². The largest absolute Gasteiger partial charge is 0.339 e. The summed E-state index contributed by atoms with van der Waals surface area (Å²) < 4.78 is 0. The van der Waals surface area contributed by atoms with Gasteiger partial charge in [-0.3, -0.25) is 9.59 Å². The molecule has 0 aromatic heterocycles.